The predicted molar refractivity (Wildman–Crippen MR) is 54.2 cm³/mol. The van der Waals surface area contributed by atoms with Crippen molar-refractivity contribution in [2.75, 3.05) is 6.61 Å². The van der Waals surface area contributed by atoms with Gasteiger partial charge in [0.25, 0.3) is 0 Å². The van der Waals surface area contributed by atoms with E-state index in [1.807, 2.05) is 20.8 Å². The average Bonchev–Trinajstić information content (AvgIpc) is 2.00. The number of carbonyl (C=O) groups excluding carboxylic acids is 2. The standard InChI is InChI=1S/C10H19NO3/c1-10(2,3)11-9(13)14-8-6-4-5-7-12/h7H,4-6,8H2,1-3H3,(H,11,13). The van der Waals surface area contributed by atoms with Gasteiger partial charge < -0.3 is 14.8 Å². The molecule has 0 aliphatic carbocycles. The Labute approximate surface area is 85.0 Å². The van der Waals surface area contributed by atoms with E-state index < -0.39 is 6.09 Å². The van der Waals surface area contributed by atoms with Crippen LogP contribution in [0.1, 0.15) is 40.0 Å². The van der Waals surface area contributed by atoms with Gasteiger partial charge in [0, 0.05) is 12.0 Å². The van der Waals surface area contributed by atoms with E-state index in [-0.39, 0.29) is 5.54 Å². The number of carbonyl (C=O) groups is 2. The summed E-state index contributed by atoms with van der Waals surface area (Å²) in [5, 5.41) is 2.68. The van der Waals surface area contributed by atoms with Crippen LogP contribution >= 0.6 is 0 Å². The first kappa shape index (κ1) is 12.9. The molecule has 0 saturated heterocycles. The topological polar surface area (TPSA) is 55.4 Å². The van der Waals surface area contributed by atoms with Crippen molar-refractivity contribution in [3.05, 3.63) is 0 Å². The zero-order chi connectivity index (χ0) is 11.0. The molecule has 0 heterocycles. The first-order valence-corrected chi connectivity index (χ1v) is 4.84. The second-order valence-corrected chi connectivity index (χ2v) is 4.17. The van der Waals surface area contributed by atoms with Crippen LogP contribution in [0.4, 0.5) is 4.79 Å². The molecule has 0 aromatic heterocycles. The van der Waals surface area contributed by atoms with Gasteiger partial charge >= 0.3 is 6.09 Å². The third-order valence-electron chi connectivity index (χ3n) is 1.43. The van der Waals surface area contributed by atoms with Crippen LogP contribution in [0.3, 0.4) is 0 Å². The van der Waals surface area contributed by atoms with Gasteiger partial charge in [0.1, 0.15) is 6.29 Å². The molecule has 0 bridgehead atoms. The molecule has 0 aliphatic rings. The van der Waals surface area contributed by atoms with Crippen molar-refractivity contribution < 1.29 is 14.3 Å². The van der Waals surface area contributed by atoms with E-state index in [9.17, 15) is 9.59 Å². The van der Waals surface area contributed by atoms with Crippen LogP contribution in [-0.2, 0) is 9.53 Å². The molecule has 0 unspecified atom stereocenters. The number of alkyl carbamates (subject to hydrolysis) is 1. The second-order valence-electron chi connectivity index (χ2n) is 4.17. The molecule has 0 fully saturated rings. The van der Waals surface area contributed by atoms with Crippen LogP contribution in [0.5, 0.6) is 0 Å². The van der Waals surface area contributed by atoms with Crippen molar-refractivity contribution in [3.8, 4) is 0 Å². The summed E-state index contributed by atoms with van der Waals surface area (Å²) in [4.78, 5) is 21.1. The summed E-state index contributed by atoms with van der Waals surface area (Å²) in [6.07, 6.45) is 2.51. The number of hydrogen-bond donors (Lipinski definition) is 1. The zero-order valence-electron chi connectivity index (χ0n) is 9.13. The Morgan fingerprint density at radius 1 is 1.36 bits per heavy atom. The number of nitrogens with one attached hydrogen (secondary N) is 1. The molecule has 0 saturated carbocycles. The van der Waals surface area contributed by atoms with Gasteiger partial charge in [-0.2, -0.15) is 0 Å². The molecule has 82 valence electrons. The summed E-state index contributed by atoms with van der Waals surface area (Å²) < 4.78 is 4.90. The number of aldehydes is 1. The lowest BCUT2D eigenvalue weighted by atomic mass is 10.1. The molecule has 1 N–H and O–H groups in total. The maximum Gasteiger partial charge on any atom is 0.407 e. The highest BCUT2D eigenvalue weighted by Gasteiger charge is 2.13. The summed E-state index contributed by atoms with van der Waals surface area (Å²) in [6.45, 7) is 6.04. The van der Waals surface area contributed by atoms with Crippen molar-refractivity contribution in [1.29, 1.82) is 0 Å². The molecule has 4 heteroatoms. The molecular weight excluding hydrogens is 182 g/mol. The van der Waals surface area contributed by atoms with Crippen LogP contribution < -0.4 is 5.32 Å². The lowest BCUT2D eigenvalue weighted by molar-refractivity contribution is -0.107. The number of unbranched alkanes of at least 4 members (excludes halogenated alkanes) is 2. The number of rotatable bonds is 5. The molecule has 4 nitrogen and oxygen atoms in total. The van der Waals surface area contributed by atoms with E-state index in [4.69, 9.17) is 4.74 Å². The molecule has 0 spiro atoms. The highest BCUT2D eigenvalue weighted by Crippen LogP contribution is 2.00. The van der Waals surface area contributed by atoms with E-state index in [2.05, 4.69) is 5.32 Å². The molecule has 0 radical (unpaired) electrons. The van der Waals surface area contributed by atoms with E-state index in [0.29, 0.717) is 13.0 Å². The van der Waals surface area contributed by atoms with E-state index in [1.54, 1.807) is 0 Å². The zero-order valence-corrected chi connectivity index (χ0v) is 9.13. The first-order valence-electron chi connectivity index (χ1n) is 4.84. The quantitative estimate of drug-likeness (QED) is 0.545. The molecule has 0 atom stereocenters. The van der Waals surface area contributed by atoms with E-state index in [1.165, 1.54) is 0 Å². The Kier molecular flexibility index (Phi) is 5.92. The van der Waals surface area contributed by atoms with E-state index in [0.717, 1.165) is 19.1 Å². The fourth-order valence-corrected chi connectivity index (χ4v) is 0.837. The van der Waals surface area contributed by atoms with Gasteiger partial charge in [-0.05, 0) is 33.6 Å². The number of amides is 1. The van der Waals surface area contributed by atoms with Crippen LogP contribution in [0.25, 0.3) is 0 Å². The summed E-state index contributed by atoms with van der Waals surface area (Å²) >= 11 is 0. The van der Waals surface area contributed by atoms with Crippen molar-refractivity contribution in [2.24, 2.45) is 0 Å². The highest BCUT2D eigenvalue weighted by atomic mass is 16.5. The second kappa shape index (κ2) is 6.40. The summed E-state index contributed by atoms with van der Waals surface area (Å²) in [5.74, 6) is 0. The van der Waals surface area contributed by atoms with Gasteiger partial charge in [-0.25, -0.2) is 4.79 Å². The first-order chi connectivity index (χ1) is 6.45. The Bertz CT molecular complexity index is 184. The van der Waals surface area contributed by atoms with Gasteiger partial charge in [-0.3, -0.25) is 0 Å². The normalized spacial score (nSPS) is 10.8. The van der Waals surface area contributed by atoms with Crippen molar-refractivity contribution in [3.63, 3.8) is 0 Å². The van der Waals surface area contributed by atoms with E-state index >= 15 is 0 Å². The van der Waals surface area contributed by atoms with Crippen LogP contribution in [-0.4, -0.2) is 24.5 Å². The van der Waals surface area contributed by atoms with Crippen molar-refractivity contribution in [1.82, 2.24) is 5.32 Å². The van der Waals surface area contributed by atoms with Crippen LogP contribution in [0.15, 0.2) is 0 Å². The Morgan fingerprint density at radius 2 is 2.00 bits per heavy atom. The minimum absolute atomic E-state index is 0.264. The predicted octanol–water partition coefficient (Wildman–Crippen LogP) is 1.88. The molecule has 0 aromatic carbocycles. The molecule has 1 amide bonds. The Balaban J connectivity index is 3.41. The maximum absolute atomic E-state index is 11.1. The summed E-state index contributed by atoms with van der Waals surface area (Å²) in [5.41, 5.74) is -0.264. The average molecular weight is 201 g/mol. The minimum Gasteiger partial charge on any atom is -0.450 e. The summed E-state index contributed by atoms with van der Waals surface area (Å²) in [7, 11) is 0. The SMILES string of the molecule is CC(C)(C)NC(=O)OCCCCC=O. The molecule has 14 heavy (non-hydrogen) atoms. The highest BCUT2D eigenvalue weighted by molar-refractivity contribution is 5.67. The smallest absolute Gasteiger partial charge is 0.407 e. The van der Waals surface area contributed by atoms with Crippen molar-refractivity contribution >= 4 is 12.4 Å². The van der Waals surface area contributed by atoms with Gasteiger partial charge in [-0.1, -0.05) is 0 Å². The largest absolute Gasteiger partial charge is 0.450 e. The van der Waals surface area contributed by atoms with Gasteiger partial charge in [0.2, 0.25) is 0 Å². The lowest BCUT2D eigenvalue weighted by Gasteiger charge is -2.19. The fraction of sp³-hybridized carbons (Fsp3) is 0.800. The number of ether oxygens (including phenoxy) is 1. The Hall–Kier alpha value is -1.06. The van der Waals surface area contributed by atoms with Gasteiger partial charge in [0.05, 0.1) is 6.61 Å². The van der Waals surface area contributed by atoms with Crippen LogP contribution in [0.2, 0.25) is 0 Å². The molecule has 0 rings (SSSR count). The monoisotopic (exact) mass is 201 g/mol. The maximum atomic E-state index is 11.1. The summed E-state index contributed by atoms with van der Waals surface area (Å²) in [6, 6.07) is 0. The van der Waals surface area contributed by atoms with Gasteiger partial charge in [0.15, 0.2) is 0 Å². The van der Waals surface area contributed by atoms with Crippen LogP contribution in [0, 0.1) is 0 Å². The third-order valence-corrected chi connectivity index (χ3v) is 1.43. The molecule has 0 aliphatic heterocycles. The van der Waals surface area contributed by atoms with Crippen molar-refractivity contribution in [2.45, 2.75) is 45.6 Å². The third kappa shape index (κ3) is 9.03. The Morgan fingerprint density at radius 3 is 2.50 bits per heavy atom. The van der Waals surface area contributed by atoms with Gasteiger partial charge in [-0.15, -0.1) is 0 Å². The molecular formula is C10H19NO3. The lowest BCUT2D eigenvalue weighted by Crippen LogP contribution is -2.41. The minimum atomic E-state index is -0.399. The molecule has 0 aromatic rings. The fourth-order valence-electron chi connectivity index (χ4n) is 0.837. The number of hydrogen-bond acceptors (Lipinski definition) is 3.